The number of benzene rings is 2. The van der Waals surface area contributed by atoms with Crippen LogP contribution in [0.5, 0.6) is 11.5 Å². The van der Waals surface area contributed by atoms with Crippen molar-refractivity contribution >= 4 is 15.9 Å². The van der Waals surface area contributed by atoms with Crippen LogP contribution in [-0.2, 0) is 27.7 Å². The minimum absolute atomic E-state index is 0.0392. The molecule has 0 spiro atoms. The van der Waals surface area contributed by atoms with Gasteiger partial charge in [-0.3, -0.25) is 4.79 Å². The Morgan fingerprint density at radius 2 is 1.70 bits per heavy atom. The minimum atomic E-state index is -3.43. The number of rotatable bonds is 8. The van der Waals surface area contributed by atoms with Gasteiger partial charge < -0.3 is 14.8 Å². The average Bonchev–Trinajstić information content (AvgIpc) is 3.14. The lowest BCUT2D eigenvalue weighted by atomic mass is 10.1. The van der Waals surface area contributed by atoms with Crippen LogP contribution in [0, 0.1) is 0 Å². The molecule has 3 rings (SSSR count). The summed E-state index contributed by atoms with van der Waals surface area (Å²) in [5, 5.41) is 2.90. The lowest BCUT2D eigenvalue weighted by Gasteiger charge is -2.07. The fourth-order valence-electron chi connectivity index (χ4n) is 2.74. The Kier molecular flexibility index (Phi) is 5.98. The molecule has 0 aliphatic carbocycles. The molecule has 1 aliphatic heterocycles. The Bertz CT molecular complexity index is 910. The van der Waals surface area contributed by atoms with E-state index in [0.717, 1.165) is 22.6 Å². The molecule has 1 aliphatic rings. The number of aryl methyl sites for hydroxylation is 1. The third-order valence-corrected chi connectivity index (χ3v) is 5.75. The molecule has 0 unspecified atom stereocenters. The van der Waals surface area contributed by atoms with E-state index < -0.39 is 10.0 Å². The molecule has 0 radical (unpaired) electrons. The van der Waals surface area contributed by atoms with E-state index in [1.54, 1.807) is 24.3 Å². The van der Waals surface area contributed by atoms with Gasteiger partial charge in [0.25, 0.3) is 0 Å². The van der Waals surface area contributed by atoms with Crippen molar-refractivity contribution in [3.63, 3.8) is 0 Å². The average molecular weight is 390 g/mol. The van der Waals surface area contributed by atoms with Crippen LogP contribution in [0.4, 0.5) is 0 Å². The molecule has 0 atom stereocenters. The standard InChI is InChI=1S/C19H22N2O5S/c1-20-27(23,24)16-6-2-14(3-7-16)5-9-19(22)21-11-10-15-4-8-17-18(12-15)26-13-25-17/h2-4,6-8,12,20H,5,9-11,13H2,1H3,(H,21,22). The number of ether oxygens (including phenoxy) is 2. The molecule has 2 aromatic carbocycles. The summed E-state index contributed by atoms with van der Waals surface area (Å²) in [5.74, 6) is 1.45. The normalized spacial score (nSPS) is 12.8. The highest BCUT2D eigenvalue weighted by molar-refractivity contribution is 7.89. The van der Waals surface area contributed by atoms with Crippen LogP contribution in [0.15, 0.2) is 47.4 Å². The van der Waals surface area contributed by atoms with Gasteiger partial charge in [0, 0.05) is 13.0 Å². The van der Waals surface area contributed by atoms with E-state index in [1.165, 1.54) is 7.05 Å². The van der Waals surface area contributed by atoms with Crippen LogP contribution >= 0.6 is 0 Å². The van der Waals surface area contributed by atoms with Gasteiger partial charge in [-0.25, -0.2) is 13.1 Å². The second-order valence-electron chi connectivity index (χ2n) is 6.14. The zero-order valence-corrected chi connectivity index (χ0v) is 15.8. The van der Waals surface area contributed by atoms with Gasteiger partial charge >= 0.3 is 0 Å². The summed E-state index contributed by atoms with van der Waals surface area (Å²) in [6, 6.07) is 12.3. The number of carbonyl (C=O) groups is 1. The zero-order valence-electron chi connectivity index (χ0n) is 15.0. The van der Waals surface area contributed by atoms with Gasteiger partial charge in [0.1, 0.15) is 0 Å². The number of hydrogen-bond donors (Lipinski definition) is 2. The fraction of sp³-hybridized carbons (Fsp3) is 0.316. The van der Waals surface area contributed by atoms with E-state index in [9.17, 15) is 13.2 Å². The second-order valence-corrected chi connectivity index (χ2v) is 8.03. The lowest BCUT2D eigenvalue weighted by molar-refractivity contribution is -0.121. The van der Waals surface area contributed by atoms with E-state index in [4.69, 9.17) is 9.47 Å². The Morgan fingerprint density at radius 3 is 2.44 bits per heavy atom. The van der Waals surface area contributed by atoms with Crippen LogP contribution in [-0.4, -0.2) is 34.7 Å². The molecule has 0 bridgehead atoms. The zero-order chi connectivity index (χ0) is 19.3. The van der Waals surface area contributed by atoms with Gasteiger partial charge in [-0.1, -0.05) is 18.2 Å². The van der Waals surface area contributed by atoms with E-state index in [2.05, 4.69) is 10.0 Å². The maximum Gasteiger partial charge on any atom is 0.240 e. The van der Waals surface area contributed by atoms with Gasteiger partial charge in [0.05, 0.1) is 4.90 Å². The Balaban J connectivity index is 1.42. The molecule has 0 fully saturated rings. The summed E-state index contributed by atoms with van der Waals surface area (Å²) in [6.07, 6.45) is 1.61. The van der Waals surface area contributed by atoms with Crippen molar-refractivity contribution in [3.05, 3.63) is 53.6 Å². The van der Waals surface area contributed by atoms with Crippen LogP contribution in [0.1, 0.15) is 17.5 Å². The van der Waals surface area contributed by atoms with Gasteiger partial charge in [-0.15, -0.1) is 0 Å². The molecule has 27 heavy (non-hydrogen) atoms. The fourth-order valence-corrected chi connectivity index (χ4v) is 3.47. The van der Waals surface area contributed by atoms with Gasteiger partial charge in [0.2, 0.25) is 22.7 Å². The molecular weight excluding hydrogens is 368 g/mol. The first kappa shape index (κ1) is 19.2. The minimum Gasteiger partial charge on any atom is -0.454 e. The highest BCUT2D eigenvalue weighted by atomic mass is 32.2. The Hall–Kier alpha value is -2.58. The molecular formula is C19H22N2O5S. The van der Waals surface area contributed by atoms with Gasteiger partial charge in [0.15, 0.2) is 11.5 Å². The first-order chi connectivity index (χ1) is 13.0. The first-order valence-electron chi connectivity index (χ1n) is 8.65. The summed E-state index contributed by atoms with van der Waals surface area (Å²) in [7, 11) is -2.06. The van der Waals surface area contributed by atoms with E-state index in [1.807, 2.05) is 18.2 Å². The summed E-state index contributed by atoms with van der Waals surface area (Å²) < 4.78 is 36.3. The quantitative estimate of drug-likeness (QED) is 0.714. The van der Waals surface area contributed by atoms with Crippen molar-refractivity contribution in [2.45, 2.75) is 24.2 Å². The number of carbonyl (C=O) groups excluding carboxylic acids is 1. The van der Waals surface area contributed by atoms with E-state index in [-0.39, 0.29) is 17.6 Å². The maximum absolute atomic E-state index is 12.0. The van der Waals surface area contributed by atoms with Crippen LogP contribution in [0.25, 0.3) is 0 Å². The van der Waals surface area contributed by atoms with Crippen LogP contribution in [0.2, 0.25) is 0 Å². The third kappa shape index (κ3) is 4.99. The molecule has 0 saturated heterocycles. The molecule has 2 aromatic rings. The third-order valence-electron chi connectivity index (χ3n) is 4.32. The summed E-state index contributed by atoms with van der Waals surface area (Å²) in [4.78, 5) is 12.2. The number of sulfonamides is 1. The first-order valence-corrected chi connectivity index (χ1v) is 10.1. The van der Waals surface area contributed by atoms with Crippen molar-refractivity contribution in [1.82, 2.24) is 10.0 Å². The van der Waals surface area contributed by atoms with Crippen molar-refractivity contribution in [3.8, 4) is 11.5 Å². The lowest BCUT2D eigenvalue weighted by Crippen LogP contribution is -2.25. The molecule has 0 saturated carbocycles. The SMILES string of the molecule is CNS(=O)(=O)c1ccc(CCC(=O)NCCc2ccc3c(c2)OCO3)cc1. The van der Waals surface area contributed by atoms with Crippen molar-refractivity contribution in [1.29, 1.82) is 0 Å². The smallest absolute Gasteiger partial charge is 0.240 e. The maximum atomic E-state index is 12.0. The summed E-state index contributed by atoms with van der Waals surface area (Å²) in [6.45, 7) is 0.787. The largest absolute Gasteiger partial charge is 0.454 e. The summed E-state index contributed by atoms with van der Waals surface area (Å²) >= 11 is 0. The van der Waals surface area contributed by atoms with E-state index in [0.29, 0.717) is 25.8 Å². The Morgan fingerprint density at radius 1 is 1.00 bits per heavy atom. The van der Waals surface area contributed by atoms with Crippen molar-refractivity contribution in [2.24, 2.45) is 0 Å². The van der Waals surface area contributed by atoms with Crippen molar-refractivity contribution < 1.29 is 22.7 Å². The van der Waals surface area contributed by atoms with Crippen molar-refractivity contribution in [2.75, 3.05) is 20.4 Å². The van der Waals surface area contributed by atoms with Gasteiger partial charge in [-0.2, -0.15) is 0 Å². The number of hydrogen-bond acceptors (Lipinski definition) is 5. The predicted molar refractivity (Wildman–Crippen MR) is 100 cm³/mol. The molecule has 0 aromatic heterocycles. The molecule has 1 amide bonds. The number of fused-ring (bicyclic) bond motifs is 1. The molecule has 144 valence electrons. The van der Waals surface area contributed by atoms with Crippen LogP contribution < -0.4 is 19.5 Å². The van der Waals surface area contributed by atoms with Crippen LogP contribution in [0.3, 0.4) is 0 Å². The molecule has 1 heterocycles. The molecule has 7 nitrogen and oxygen atoms in total. The van der Waals surface area contributed by atoms with E-state index >= 15 is 0 Å². The topological polar surface area (TPSA) is 93.7 Å². The molecule has 2 N–H and O–H groups in total. The predicted octanol–water partition coefficient (Wildman–Crippen LogP) is 1.61. The van der Waals surface area contributed by atoms with Gasteiger partial charge in [-0.05, 0) is 55.3 Å². The molecule has 8 heteroatoms. The second kappa shape index (κ2) is 8.41. The highest BCUT2D eigenvalue weighted by Gasteiger charge is 2.13. The number of nitrogens with one attached hydrogen (secondary N) is 2. The highest BCUT2D eigenvalue weighted by Crippen LogP contribution is 2.32. The number of amides is 1. The Labute approximate surface area is 158 Å². The monoisotopic (exact) mass is 390 g/mol. The summed E-state index contributed by atoms with van der Waals surface area (Å²) in [5.41, 5.74) is 1.98.